The Balaban J connectivity index is 1.49. The molecule has 0 fully saturated rings. The highest BCUT2D eigenvalue weighted by atomic mass is 32.2. The summed E-state index contributed by atoms with van der Waals surface area (Å²) in [5, 5.41) is 5.90. The predicted molar refractivity (Wildman–Crippen MR) is 130 cm³/mol. The number of nitrogens with one attached hydrogen (secondary N) is 3. The van der Waals surface area contributed by atoms with E-state index in [0.29, 0.717) is 11.2 Å². The number of urea groups is 1. The molecule has 7 nitrogen and oxygen atoms in total. The number of fused-ring (bicyclic) bond motifs is 1. The Morgan fingerprint density at radius 2 is 1.59 bits per heavy atom. The summed E-state index contributed by atoms with van der Waals surface area (Å²) in [6.07, 6.45) is 0. The number of rotatable bonds is 5. The number of carbonyl (C=O) groups is 1. The van der Waals surface area contributed by atoms with E-state index in [1.807, 2.05) is 39.0 Å². The Bertz CT molecular complexity index is 1410. The summed E-state index contributed by atoms with van der Waals surface area (Å²) in [6.45, 7) is 5.78. The van der Waals surface area contributed by atoms with Crippen molar-refractivity contribution in [3.63, 3.8) is 0 Å². The molecule has 4 rings (SSSR count). The van der Waals surface area contributed by atoms with Crippen LogP contribution in [0.1, 0.15) is 16.7 Å². The molecule has 32 heavy (non-hydrogen) atoms. The minimum Gasteiger partial charge on any atom is -0.308 e. The van der Waals surface area contributed by atoms with Crippen molar-refractivity contribution in [2.75, 3.05) is 15.4 Å². The molecule has 0 unspecified atom stereocenters. The molecule has 0 saturated heterocycles. The Kier molecular flexibility index (Phi) is 5.86. The van der Waals surface area contributed by atoms with Crippen LogP contribution in [-0.4, -0.2) is 19.4 Å². The molecular weight excluding hydrogens is 444 g/mol. The number of hydrogen-bond donors (Lipinski definition) is 3. The molecule has 0 saturated carbocycles. The van der Waals surface area contributed by atoms with Crippen molar-refractivity contribution >= 4 is 54.1 Å². The average molecular weight is 467 g/mol. The number of anilines is 3. The van der Waals surface area contributed by atoms with Crippen LogP contribution >= 0.6 is 11.3 Å². The van der Waals surface area contributed by atoms with Gasteiger partial charge in [-0.05, 0) is 68.3 Å². The molecular formula is C23H22N4O3S2. The number of hydrogen-bond acceptors (Lipinski definition) is 5. The molecule has 164 valence electrons. The molecule has 0 atom stereocenters. The van der Waals surface area contributed by atoms with Gasteiger partial charge in [0.2, 0.25) is 0 Å². The van der Waals surface area contributed by atoms with Gasteiger partial charge in [-0.1, -0.05) is 41.2 Å². The second-order valence-corrected chi connectivity index (χ2v) is 10.2. The number of aromatic nitrogens is 1. The fraction of sp³-hybridized carbons (Fsp3) is 0.130. The summed E-state index contributed by atoms with van der Waals surface area (Å²) in [5.74, 6) is 0. The Hall–Kier alpha value is -3.43. The summed E-state index contributed by atoms with van der Waals surface area (Å²) < 4.78 is 28.6. The quantitative estimate of drug-likeness (QED) is 0.353. The summed E-state index contributed by atoms with van der Waals surface area (Å²) in [5.41, 5.74) is 4.87. The maximum atomic E-state index is 12.6. The molecule has 1 aromatic heterocycles. The highest BCUT2D eigenvalue weighted by Gasteiger charge is 2.17. The topological polar surface area (TPSA) is 100 Å². The highest BCUT2D eigenvalue weighted by molar-refractivity contribution is 7.93. The zero-order valence-electron chi connectivity index (χ0n) is 17.8. The molecule has 1 heterocycles. The Morgan fingerprint density at radius 1 is 0.875 bits per heavy atom. The van der Waals surface area contributed by atoms with Crippen molar-refractivity contribution in [2.45, 2.75) is 25.7 Å². The van der Waals surface area contributed by atoms with Crippen LogP contribution in [0, 0.1) is 20.8 Å². The number of benzene rings is 3. The van der Waals surface area contributed by atoms with E-state index in [2.05, 4.69) is 20.3 Å². The lowest BCUT2D eigenvalue weighted by Crippen LogP contribution is -2.20. The van der Waals surface area contributed by atoms with Gasteiger partial charge in [0.25, 0.3) is 10.0 Å². The van der Waals surface area contributed by atoms with E-state index in [9.17, 15) is 13.2 Å². The SMILES string of the molecule is Cc1ccc(S(=O)(=O)Nc2nc3cc(NC(=O)Nc4cc(C)ccc4C)ccc3s2)cc1. The molecule has 4 aromatic rings. The summed E-state index contributed by atoms with van der Waals surface area (Å²) in [7, 11) is -3.73. The van der Waals surface area contributed by atoms with Crippen LogP contribution in [0.15, 0.2) is 65.6 Å². The molecule has 0 bridgehead atoms. The molecule has 2 amide bonds. The fourth-order valence-electron chi connectivity index (χ4n) is 3.10. The third-order valence-corrected chi connectivity index (χ3v) is 7.28. The van der Waals surface area contributed by atoms with Gasteiger partial charge in [-0.25, -0.2) is 18.2 Å². The van der Waals surface area contributed by atoms with Gasteiger partial charge in [0.05, 0.1) is 15.1 Å². The van der Waals surface area contributed by atoms with Gasteiger partial charge < -0.3 is 10.6 Å². The van der Waals surface area contributed by atoms with E-state index in [4.69, 9.17) is 0 Å². The predicted octanol–water partition coefficient (Wildman–Crippen LogP) is 5.67. The van der Waals surface area contributed by atoms with E-state index < -0.39 is 10.0 Å². The van der Waals surface area contributed by atoms with Crippen LogP contribution in [0.5, 0.6) is 0 Å². The van der Waals surface area contributed by atoms with E-state index in [-0.39, 0.29) is 16.1 Å². The van der Waals surface area contributed by atoms with E-state index in [1.165, 1.54) is 11.3 Å². The minimum absolute atomic E-state index is 0.174. The largest absolute Gasteiger partial charge is 0.323 e. The van der Waals surface area contributed by atoms with Crippen molar-refractivity contribution in [1.82, 2.24) is 4.98 Å². The second kappa shape index (κ2) is 8.60. The van der Waals surface area contributed by atoms with Gasteiger partial charge in [-0.15, -0.1) is 0 Å². The smallest absolute Gasteiger partial charge is 0.308 e. The minimum atomic E-state index is -3.73. The van der Waals surface area contributed by atoms with Gasteiger partial charge in [-0.2, -0.15) is 0 Å². The zero-order chi connectivity index (χ0) is 22.9. The molecule has 0 aliphatic heterocycles. The van der Waals surface area contributed by atoms with Crippen molar-refractivity contribution in [1.29, 1.82) is 0 Å². The van der Waals surface area contributed by atoms with Crippen LogP contribution in [0.25, 0.3) is 10.2 Å². The fourth-order valence-corrected chi connectivity index (χ4v) is 5.18. The summed E-state index contributed by atoms with van der Waals surface area (Å²) in [6, 6.07) is 17.3. The number of carbonyl (C=O) groups excluding carboxylic acids is 1. The number of amides is 2. The maximum Gasteiger partial charge on any atom is 0.323 e. The lowest BCUT2D eigenvalue weighted by Gasteiger charge is -2.10. The molecule has 0 spiro atoms. The van der Waals surface area contributed by atoms with Crippen LogP contribution in [0.3, 0.4) is 0 Å². The third kappa shape index (κ3) is 4.90. The Labute approximate surface area is 190 Å². The molecule has 0 radical (unpaired) electrons. The summed E-state index contributed by atoms with van der Waals surface area (Å²) >= 11 is 1.23. The maximum absolute atomic E-state index is 12.6. The summed E-state index contributed by atoms with van der Waals surface area (Å²) in [4.78, 5) is 17.0. The number of sulfonamides is 1. The van der Waals surface area contributed by atoms with Crippen molar-refractivity contribution in [3.05, 3.63) is 77.4 Å². The van der Waals surface area contributed by atoms with Crippen LogP contribution in [0.2, 0.25) is 0 Å². The van der Waals surface area contributed by atoms with E-state index >= 15 is 0 Å². The third-order valence-electron chi connectivity index (χ3n) is 4.84. The van der Waals surface area contributed by atoms with Crippen LogP contribution in [0.4, 0.5) is 21.3 Å². The van der Waals surface area contributed by atoms with Crippen molar-refractivity contribution in [3.8, 4) is 0 Å². The van der Waals surface area contributed by atoms with Gasteiger partial charge in [0.15, 0.2) is 5.13 Å². The number of nitrogens with zero attached hydrogens (tertiary/aromatic N) is 1. The lowest BCUT2D eigenvalue weighted by atomic mass is 10.1. The standard InChI is InChI=1S/C23H22N4O3S2/c1-14-5-9-18(10-6-14)32(29,30)27-23-26-20-13-17(8-11-21(20)31-23)24-22(28)25-19-12-15(2)4-7-16(19)3/h4-13H,1-3H3,(H,26,27)(H2,24,25,28). The van der Waals surface area contributed by atoms with Crippen molar-refractivity contribution in [2.24, 2.45) is 0 Å². The van der Waals surface area contributed by atoms with E-state index in [1.54, 1.807) is 42.5 Å². The number of thiazole rings is 1. The van der Waals surface area contributed by atoms with Crippen LogP contribution in [-0.2, 0) is 10.0 Å². The van der Waals surface area contributed by atoms with Gasteiger partial charge in [0, 0.05) is 11.4 Å². The van der Waals surface area contributed by atoms with Crippen molar-refractivity contribution < 1.29 is 13.2 Å². The Morgan fingerprint density at radius 3 is 2.34 bits per heavy atom. The first-order chi connectivity index (χ1) is 15.2. The number of aryl methyl sites for hydroxylation is 3. The van der Waals surface area contributed by atoms with Gasteiger partial charge in [0.1, 0.15) is 0 Å². The van der Waals surface area contributed by atoms with Gasteiger partial charge >= 0.3 is 6.03 Å². The first-order valence-corrected chi connectivity index (χ1v) is 12.1. The molecule has 0 aliphatic rings. The lowest BCUT2D eigenvalue weighted by molar-refractivity contribution is 0.262. The average Bonchev–Trinajstić information content (AvgIpc) is 3.11. The zero-order valence-corrected chi connectivity index (χ0v) is 19.4. The molecule has 0 aliphatic carbocycles. The molecule has 3 aromatic carbocycles. The first-order valence-electron chi connectivity index (χ1n) is 9.85. The highest BCUT2D eigenvalue weighted by Crippen LogP contribution is 2.30. The normalized spacial score (nSPS) is 11.3. The monoisotopic (exact) mass is 466 g/mol. The van der Waals surface area contributed by atoms with Crippen LogP contribution < -0.4 is 15.4 Å². The molecule has 3 N–H and O–H groups in total. The first kappa shape index (κ1) is 21.8. The second-order valence-electron chi connectivity index (χ2n) is 7.52. The van der Waals surface area contributed by atoms with Gasteiger partial charge in [-0.3, -0.25) is 4.72 Å². The van der Waals surface area contributed by atoms with E-state index in [0.717, 1.165) is 27.1 Å². The molecule has 9 heteroatoms.